The number of benzene rings is 1. The predicted octanol–water partition coefficient (Wildman–Crippen LogP) is 1.01. The zero-order valence-electron chi connectivity index (χ0n) is 18.5. The van der Waals surface area contributed by atoms with E-state index in [0.717, 1.165) is 0 Å². The van der Waals surface area contributed by atoms with Gasteiger partial charge in [-0.1, -0.05) is 0 Å². The summed E-state index contributed by atoms with van der Waals surface area (Å²) >= 11 is 0. The molecule has 0 bridgehead atoms. The van der Waals surface area contributed by atoms with Crippen LogP contribution in [0.4, 0.5) is 5.69 Å². The van der Waals surface area contributed by atoms with Crippen LogP contribution < -0.4 is 5.32 Å². The molecule has 2 fully saturated rings. The number of furan rings is 1. The Morgan fingerprint density at radius 2 is 1.61 bits per heavy atom. The molecule has 2 saturated heterocycles. The second-order valence-corrected chi connectivity index (χ2v) is 10.0. The van der Waals surface area contributed by atoms with E-state index in [1.54, 1.807) is 36.1 Å². The molecule has 2 aromatic rings. The van der Waals surface area contributed by atoms with E-state index in [0.29, 0.717) is 69.7 Å². The number of sulfonamides is 1. The molecule has 2 aliphatic rings. The largest absolute Gasteiger partial charge is 0.456 e. The summed E-state index contributed by atoms with van der Waals surface area (Å²) < 4.78 is 37.4. The van der Waals surface area contributed by atoms with Crippen LogP contribution in [0.3, 0.4) is 0 Å². The molecule has 11 heteroatoms. The van der Waals surface area contributed by atoms with Crippen molar-refractivity contribution < 1.29 is 27.2 Å². The Kier molecular flexibility index (Phi) is 7.13. The van der Waals surface area contributed by atoms with Gasteiger partial charge in [-0.15, -0.1) is 0 Å². The van der Waals surface area contributed by atoms with E-state index in [4.69, 9.17) is 9.15 Å². The van der Waals surface area contributed by atoms with E-state index in [-0.39, 0.29) is 23.3 Å². The maximum atomic E-state index is 12.7. The SMILES string of the molecule is Cc1ccc(C(=O)N2CCN(CC(=O)Nc3ccc(S(=O)(=O)N4CCOCC4)cc3)CC2)o1. The molecular weight excluding hydrogens is 448 g/mol. The minimum Gasteiger partial charge on any atom is -0.456 e. The molecule has 2 amide bonds. The number of carbonyl (C=O) groups excluding carboxylic acids is 2. The van der Waals surface area contributed by atoms with E-state index < -0.39 is 10.0 Å². The quantitative estimate of drug-likeness (QED) is 0.662. The highest BCUT2D eigenvalue weighted by Gasteiger charge is 2.27. The Bertz CT molecular complexity index is 1080. The number of hydrogen-bond acceptors (Lipinski definition) is 7. The van der Waals surface area contributed by atoms with Gasteiger partial charge in [0, 0.05) is 45.0 Å². The van der Waals surface area contributed by atoms with Gasteiger partial charge >= 0.3 is 0 Å². The number of amides is 2. The summed E-state index contributed by atoms with van der Waals surface area (Å²) in [5.41, 5.74) is 0.530. The molecule has 33 heavy (non-hydrogen) atoms. The summed E-state index contributed by atoms with van der Waals surface area (Å²) in [4.78, 5) is 28.8. The summed E-state index contributed by atoms with van der Waals surface area (Å²) in [7, 11) is -3.57. The van der Waals surface area contributed by atoms with E-state index >= 15 is 0 Å². The molecule has 3 heterocycles. The highest BCUT2D eigenvalue weighted by molar-refractivity contribution is 7.89. The van der Waals surface area contributed by atoms with Gasteiger partial charge in [0.15, 0.2) is 5.76 Å². The van der Waals surface area contributed by atoms with E-state index in [1.165, 1.54) is 16.4 Å². The van der Waals surface area contributed by atoms with Crippen LogP contribution in [0.2, 0.25) is 0 Å². The summed E-state index contributed by atoms with van der Waals surface area (Å²) in [6.45, 7) is 5.61. The predicted molar refractivity (Wildman–Crippen MR) is 120 cm³/mol. The third-order valence-corrected chi connectivity index (χ3v) is 7.64. The van der Waals surface area contributed by atoms with Gasteiger partial charge < -0.3 is 19.4 Å². The Balaban J connectivity index is 1.26. The maximum absolute atomic E-state index is 12.7. The molecule has 4 rings (SSSR count). The average molecular weight is 477 g/mol. The first-order chi connectivity index (χ1) is 15.8. The highest BCUT2D eigenvalue weighted by Crippen LogP contribution is 2.19. The first kappa shape index (κ1) is 23.4. The van der Waals surface area contributed by atoms with Crippen LogP contribution in [0, 0.1) is 6.92 Å². The molecule has 2 aliphatic heterocycles. The number of nitrogens with one attached hydrogen (secondary N) is 1. The number of anilines is 1. The molecule has 1 aromatic heterocycles. The third kappa shape index (κ3) is 5.61. The number of nitrogens with zero attached hydrogens (tertiary/aromatic N) is 3. The van der Waals surface area contributed by atoms with Crippen molar-refractivity contribution >= 4 is 27.5 Å². The van der Waals surface area contributed by atoms with Crippen LogP contribution in [0.15, 0.2) is 45.7 Å². The monoisotopic (exact) mass is 476 g/mol. The fourth-order valence-electron chi connectivity index (χ4n) is 3.86. The van der Waals surface area contributed by atoms with Crippen molar-refractivity contribution in [2.75, 3.05) is 64.3 Å². The lowest BCUT2D eigenvalue weighted by Gasteiger charge is -2.33. The molecule has 0 atom stereocenters. The number of piperazine rings is 1. The molecule has 1 aromatic carbocycles. The van der Waals surface area contributed by atoms with Crippen molar-refractivity contribution in [2.24, 2.45) is 0 Å². The Labute approximate surface area is 193 Å². The molecule has 0 radical (unpaired) electrons. The Hall–Kier alpha value is -2.73. The van der Waals surface area contributed by atoms with Crippen molar-refractivity contribution in [3.63, 3.8) is 0 Å². The lowest BCUT2D eigenvalue weighted by molar-refractivity contribution is -0.117. The first-order valence-corrected chi connectivity index (χ1v) is 12.3. The summed E-state index contributed by atoms with van der Waals surface area (Å²) in [6, 6.07) is 9.62. The standard InChI is InChI=1S/C22H28N4O6S/c1-17-2-7-20(32-17)22(28)25-10-8-24(9-11-25)16-21(27)23-18-3-5-19(6-4-18)33(29,30)26-12-14-31-15-13-26/h2-7H,8-16H2,1H3,(H,23,27). The minimum absolute atomic E-state index is 0.140. The smallest absolute Gasteiger partial charge is 0.289 e. The van der Waals surface area contributed by atoms with Crippen molar-refractivity contribution in [1.29, 1.82) is 0 Å². The van der Waals surface area contributed by atoms with Crippen LogP contribution in [-0.2, 0) is 19.6 Å². The molecule has 0 saturated carbocycles. The van der Waals surface area contributed by atoms with Crippen LogP contribution in [0.25, 0.3) is 0 Å². The van der Waals surface area contributed by atoms with Gasteiger partial charge in [-0.05, 0) is 43.3 Å². The summed E-state index contributed by atoms with van der Waals surface area (Å²) in [6.07, 6.45) is 0. The van der Waals surface area contributed by atoms with Crippen LogP contribution in [-0.4, -0.2) is 93.4 Å². The molecule has 0 unspecified atom stereocenters. The molecule has 0 spiro atoms. The molecular formula is C22H28N4O6S. The Morgan fingerprint density at radius 3 is 2.21 bits per heavy atom. The van der Waals surface area contributed by atoms with Crippen LogP contribution in [0.1, 0.15) is 16.3 Å². The first-order valence-electron chi connectivity index (χ1n) is 10.9. The van der Waals surface area contributed by atoms with E-state index in [1.807, 2.05) is 4.90 Å². The molecule has 10 nitrogen and oxygen atoms in total. The van der Waals surface area contributed by atoms with Gasteiger partial charge in [0.1, 0.15) is 5.76 Å². The highest BCUT2D eigenvalue weighted by atomic mass is 32.2. The zero-order chi connectivity index (χ0) is 23.4. The van der Waals surface area contributed by atoms with Crippen molar-refractivity contribution in [3.8, 4) is 0 Å². The fraction of sp³-hybridized carbons (Fsp3) is 0.455. The maximum Gasteiger partial charge on any atom is 0.289 e. The van der Waals surface area contributed by atoms with Gasteiger partial charge in [0.25, 0.3) is 5.91 Å². The number of ether oxygens (including phenoxy) is 1. The third-order valence-electron chi connectivity index (χ3n) is 5.72. The number of morpholine rings is 1. The lowest BCUT2D eigenvalue weighted by atomic mass is 10.2. The van der Waals surface area contributed by atoms with Crippen LogP contribution in [0.5, 0.6) is 0 Å². The number of hydrogen-bond donors (Lipinski definition) is 1. The number of rotatable bonds is 6. The lowest BCUT2D eigenvalue weighted by Crippen LogP contribution is -2.50. The van der Waals surface area contributed by atoms with Crippen LogP contribution >= 0.6 is 0 Å². The summed E-state index contributed by atoms with van der Waals surface area (Å²) in [5, 5.41) is 2.81. The fourth-order valence-corrected chi connectivity index (χ4v) is 5.27. The molecule has 178 valence electrons. The topological polar surface area (TPSA) is 112 Å². The van der Waals surface area contributed by atoms with Crippen molar-refractivity contribution in [1.82, 2.24) is 14.1 Å². The van der Waals surface area contributed by atoms with Gasteiger partial charge in [0.2, 0.25) is 15.9 Å². The molecule has 1 N–H and O–H groups in total. The second kappa shape index (κ2) is 10.0. The van der Waals surface area contributed by atoms with Gasteiger partial charge in [-0.2, -0.15) is 4.31 Å². The summed E-state index contributed by atoms with van der Waals surface area (Å²) in [5.74, 6) is 0.692. The van der Waals surface area contributed by atoms with Crippen molar-refractivity contribution in [2.45, 2.75) is 11.8 Å². The zero-order valence-corrected chi connectivity index (χ0v) is 19.3. The van der Waals surface area contributed by atoms with Gasteiger partial charge in [0.05, 0.1) is 24.7 Å². The van der Waals surface area contributed by atoms with Crippen molar-refractivity contribution in [3.05, 3.63) is 47.9 Å². The minimum atomic E-state index is -3.57. The van der Waals surface area contributed by atoms with Gasteiger partial charge in [-0.3, -0.25) is 14.5 Å². The van der Waals surface area contributed by atoms with E-state index in [9.17, 15) is 18.0 Å². The number of aryl methyl sites for hydroxylation is 1. The van der Waals surface area contributed by atoms with Gasteiger partial charge in [-0.25, -0.2) is 8.42 Å². The molecule has 0 aliphatic carbocycles. The van der Waals surface area contributed by atoms with E-state index in [2.05, 4.69) is 5.32 Å². The normalized spacial score (nSPS) is 18.3. The second-order valence-electron chi connectivity index (χ2n) is 8.07. The average Bonchev–Trinajstić information content (AvgIpc) is 3.26. The Morgan fingerprint density at radius 1 is 0.939 bits per heavy atom. The number of carbonyl (C=O) groups is 2.